The molecule has 1 aliphatic rings. The largest absolute Gasteiger partial charge is 0.352 e. The maximum absolute atomic E-state index is 12.0. The van der Waals surface area contributed by atoms with Crippen LogP contribution < -0.4 is 10.6 Å². The lowest BCUT2D eigenvalue weighted by molar-refractivity contribution is -0.125. The van der Waals surface area contributed by atoms with Crippen LogP contribution in [0.1, 0.15) is 46.5 Å². The summed E-state index contributed by atoms with van der Waals surface area (Å²) >= 11 is 0. The van der Waals surface area contributed by atoms with Crippen LogP contribution >= 0.6 is 0 Å². The molecular formula is C12H24N2O. The zero-order valence-electron chi connectivity index (χ0n) is 10.2. The summed E-state index contributed by atoms with van der Waals surface area (Å²) in [6, 6.07) is 0.368. The second-order valence-electron chi connectivity index (χ2n) is 4.57. The van der Waals surface area contributed by atoms with Gasteiger partial charge in [-0.25, -0.2) is 0 Å². The molecule has 0 aromatic rings. The summed E-state index contributed by atoms with van der Waals surface area (Å²) in [5, 5.41) is 6.43. The standard InChI is InChI=1S/C12H24N2O/c1-4-10(5-2)14-12(15)11-9(3)7-6-8-13-11/h9-11,13H,4-8H2,1-3H3,(H,14,15). The molecule has 2 unspecified atom stereocenters. The fourth-order valence-corrected chi connectivity index (χ4v) is 2.18. The Morgan fingerprint density at radius 1 is 1.47 bits per heavy atom. The molecule has 0 aromatic heterocycles. The third-order valence-corrected chi connectivity index (χ3v) is 3.38. The Balaban J connectivity index is 2.44. The molecule has 1 saturated heterocycles. The van der Waals surface area contributed by atoms with Crippen molar-refractivity contribution in [1.29, 1.82) is 0 Å². The molecule has 0 radical (unpaired) electrons. The van der Waals surface area contributed by atoms with E-state index in [4.69, 9.17) is 0 Å². The molecule has 0 aliphatic carbocycles. The van der Waals surface area contributed by atoms with Gasteiger partial charge in [0.15, 0.2) is 0 Å². The number of carbonyl (C=O) groups is 1. The van der Waals surface area contributed by atoms with Crippen LogP contribution in [-0.2, 0) is 4.79 Å². The lowest BCUT2D eigenvalue weighted by atomic mass is 9.92. The first-order chi connectivity index (χ1) is 7.19. The Labute approximate surface area is 93.0 Å². The number of amides is 1. The van der Waals surface area contributed by atoms with Gasteiger partial charge in [0, 0.05) is 6.04 Å². The summed E-state index contributed by atoms with van der Waals surface area (Å²) in [6.45, 7) is 7.37. The van der Waals surface area contributed by atoms with E-state index in [1.807, 2.05) is 0 Å². The van der Waals surface area contributed by atoms with Crippen LogP contribution in [0.4, 0.5) is 0 Å². The van der Waals surface area contributed by atoms with E-state index < -0.39 is 0 Å². The number of rotatable bonds is 4. The first-order valence-electron chi connectivity index (χ1n) is 6.22. The highest BCUT2D eigenvalue weighted by atomic mass is 16.2. The molecule has 3 nitrogen and oxygen atoms in total. The molecule has 15 heavy (non-hydrogen) atoms. The van der Waals surface area contributed by atoms with Crippen molar-refractivity contribution in [3.05, 3.63) is 0 Å². The van der Waals surface area contributed by atoms with Crippen LogP contribution in [0.3, 0.4) is 0 Å². The summed E-state index contributed by atoms with van der Waals surface area (Å²) in [5.41, 5.74) is 0. The van der Waals surface area contributed by atoms with E-state index in [-0.39, 0.29) is 11.9 Å². The van der Waals surface area contributed by atoms with Crippen molar-refractivity contribution in [3.63, 3.8) is 0 Å². The second kappa shape index (κ2) is 6.11. The van der Waals surface area contributed by atoms with Crippen LogP contribution in [0.5, 0.6) is 0 Å². The average Bonchev–Trinajstić information content (AvgIpc) is 2.26. The summed E-state index contributed by atoms with van der Waals surface area (Å²) in [4.78, 5) is 12.0. The van der Waals surface area contributed by atoms with E-state index in [1.165, 1.54) is 6.42 Å². The molecule has 0 bridgehead atoms. The number of nitrogens with one attached hydrogen (secondary N) is 2. The highest BCUT2D eigenvalue weighted by molar-refractivity contribution is 5.82. The normalized spacial score (nSPS) is 26.7. The molecule has 0 aromatic carbocycles. The van der Waals surface area contributed by atoms with Crippen LogP contribution in [0, 0.1) is 5.92 Å². The van der Waals surface area contributed by atoms with Gasteiger partial charge in [-0.3, -0.25) is 4.79 Å². The van der Waals surface area contributed by atoms with Gasteiger partial charge in [0.05, 0.1) is 6.04 Å². The summed E-state index contributed by atoms with van der Waals surface area (Å²) in [6.07, 6.45) is 4.39. The van der Waals surface area contributed by atoms with Gasteiger partial charge in [0.2, 0.25) is 5.91 Å². The molecule has 1 rings (SSSR count). The minimum absolute atomic E-state index is 0.0272. The van der Waals surface area contributed by atoms with E-state index in [1.54, 1.807) is 0 Å². The Morgan fingerprint density at radius 2 is 2.13 bits per heavy atom. The van der Waals surface area contributed by atoms with Crippen LogP contribution in [-0.4, -0.2) is 24.5 Å². The first-order valence-corrected chi connectivity index (χ1v) is 6.22. The van der Waals surface area contributed by atoms with Gasteiger partial charge in [0.25, 0.3) is 0 Å². The average molecular weight is 212 g/mol. The van der Waals surface area contributed by atoms with Crippen molar-refractivity contribution in [2.75, 3.05) is 6.54 Å². The summed E-state index contributed by atoms with van der Waals surface area (Å²) in [5.74, 6) is 0.656. The SMILES string of the molecule is CCC(CC)NC(=O)C1NCCCC1C. The van der Waals surface area contributed by atoms with E-state index in [2.05, 4.69) is 31.4 Å². The van der Waals surface area contributed by atoms with E-state index >= 15 is 0 Å². The predicted molar refractivity (Wildman–Crippen MR) is 62.7 cm³/mol. The maximum atomic E-state index is 12.0. The third-order valence-electron chi connectivity index (χ3n) is 3.38. The molecule has 0 saturated carbocycles. The van der Waals surface area contributed by atoms with E-state index in [0.717, 1.165) is 25.8 Å². The first kappa shape index (κ1) is 12.5. The molecule has 1 fully saturated rings. The van der Waals surface area contributed by atoms with Gasteiger partial charge in [-0.05, 0) is 38.1 Å². The number of carbonyl (C=O) groups excluding carboxylic acids is 1. The smallest absolute Gasteiger partial charge is 0.237 e. The highest BCUT2D eigenvalue weighted by Crippen LogP contribution is 2.15. The predicted octanol–water partition coefficient (Wildman–Crippen LogP) is 1.68. The topological polar surface area (TPSA) is 41.1 Å². The van der Waals surface area contributed by atoms with Gasteiger partial charge in [-0.2, -0.15) is 0 Å². The van der Waals surface area contributed by atoms with Crippen molar-refractivity contribution in [3.8, 4) is 0 Å². The fraction of sp³-hybridized carbons (Fsp3) is 0.917. The lowest BCUT2D eigenvalue weighted by Gasteiger charge is -2.30. The summed E-state index contributed by atoms with van der Waals surface area (Å²) in [7, 11) is 0. The molecule has 2 atom stereocenters. The van der Waals surface area contributed by atoms with Crippen molar-refractivity contribution in [1.82, 2.24) is 10.6 Å². The molecule has 1 amide bonds. The number of hydrogen-bond acceptors (Lipinski definition) is 2. The van der Waals surface area contributed by atoms with Gasteiger partial charge in [-0.15, -0.1) is 0 Å². The van der Waals surface area contributed by atoms with Gasteiger partial charge in [-0.1, -0.05) is 20.8 Å². The molecule has 1 aliphatic heterocycles. The van der Waals surface area contributed by atoms with Crippen LogP contribution in [0.2, 0.25) is 0 Å². The Kier molecular flexibility index (Phi) is 5.09. The Morgan fingerprint density at radius 3 is 2.67 bits per heavy atom. The fourth-order valence-electron chi connectivity index (χ4n) is 2.18. The minimum atomic E-state index is 0.0272. The summed E-state index contributed by atoms with van der Waals surface area (Å²) < 4.78 is 0. The van der Waals surface area contributed by atoms with E-state index in [9.17, 15) is 4.79 Å². The van der Waals surface area contributed by atoms with Crippen molar-refractivity contribution in [2.24, 2.45) is 5.92 Å². The molecule has 1 heterocycles. The molecule has 0 spiro atoms. The van der Waals surface area contributed by atoms with Gasteiger partial charge < -0.3 is 10.6 Å². The van der Waals surface area contributed by atoms with Crippen LogP contribution in [0.25, 0.3) is 0 Å². The van der Waals surface area contributed by atoms with Crippen molar-refractivity contribution >= 4 is 5.91 Å². The third kappa shape index (κ3) is 3.49. The number of piperidine rings is 1. The Hall–Kier alpha value is -0.570. The quantitative estimate of drug-likeness (QED) is 0.744. The zero-order chi connectivity index (χ0) is 11.3. The number of hydrogen-bond donors (Lipinski definition) is 2. The highest BCUT2D eigenvalue weighted by Gasteiger charge is 2.27. The molecule has 2 N–H and O–H groups in total. The molecule has 88 valence electrons. The van der Waals surface area contributed by atoms with Gasteiger partial charge >= 0.3 is 0 Å². The monoisotopic (exact) mass is 212 g/mol. The lowest BCUT2D eigenvalue weighted by Crippen LogP contribution is -2.52. The molecule has 3 heteroatoms. The zero-order valence-corrected chi connectivity index (χ0v) is 10.2. The minimum Gasteiger partial charge on any atom is -0.352 e. The van der Waals surface area contributed by atoms with E-state index in [0.29, 0.717) is 12.0 Å². The maximum Gasteiger partial charge on any atom is 0.237 e. The Bertz CT molecular complexity index is 202. The van der Waals surface area contributed by atoms with Crippen molar-refractivity contribution < 1.29 is 4.79 Å². The van der Waals surface area contributed by atoms with Gasteiger partial charge in [0.1, 0.15) is 0 Å². The van der Waals surface area contributed by atoms with Crippen LogP contribution in [0.15, 0.2) is 0 Å². The second-order valence-corrected chi connectivity index (χ2v) is 4.57. The molecular weight excluding hydrogens is 188 g/mol. The van der Waals surface area contributed by atoms with Crippen molar-refractivity contribution in [2.45, 2.75) is 58.5 Å².